The minimum Gasteiger partial charge on any atom is -0.504 e. The summed E-state index contributed by atoms with van der Waals surface area (Å²) in [5, 5.41) is 10.3. The molecule has 0 amide bonds. The van der Waals surface area contributed by atoms with Crippen LogP contribution in [0.25, 0.3) is 0 Å². The van der Waals surface area contributed by atoms with Gasteiger partial charge in [-0.2, -0.15) is 0 Å². The molecule has 0 spiro atoms. The second-order valence-electron chi connectivity index (χ2n) is 3.70. The van der Waals surface area contributed by atoms with Crippen LogP contribution in [0, 0.1) is 0 Å². The predicted octanol–water partition coefficient (Wildman–Crippen LogP) is 3.29. The Bertz CT molecular complexity index is 579. The highest BCUT2D eigenvalue weighted by Gasteiger charge is 2.17. The van der Waals surface area contributed by atoms with Gasteiger partial charge in [0.05, 0.1) is 12.7 Å². The fraction of sp³-hybridized carbons (Fsp3) is 0.0714. The molecule has 0 unspecified atom stereocenters. The summed E-state index contributed by atoms with van der Waals surface area (Å²) in [7, 11) is 1.40. The molecular weight excluding hydrogens is 252 g/mol. The number of aromatic hydroxyl groups is 1. The van der Waals surface area contributed by atoms with Gasteiger partial charge >= 0.3 is 0 Å². The topological polar surface area (TPSA) is 46.5 Å². The van der Waals surface area contributed by atoms with Crippen LogP contribution in [0.5, 0.6) is 11.5 Å². The van der Waals surface area contributed by atoms with Gasteiger partial charge in [-0.1, -0.05) is 41.9 Å². The zero-order valence-electron chi connectivity index (χ0n) is 9.68. The number of phenolic OH excluding ortho intramolecular Hbond substituents is 1. The van der Waals surface area contributed by atoms with Gasteiger partial charge in [-0.05, 0) is 6.07 Å². The highest BCUT2D eigenvalue weighted by atomic mass is 35.5. The van der Waals surface area contributed by atoms with Crippen LogP contribution in [0.1, 0.15) is 15.9 Å². The van der Waals surface area contributed by atoms with E-state index in [1.54, 1.807) is 24.3 Å². The Hall–Kier alpha value is -2.00. The number of ether oxygens (including phenoxy) is 1. The Morgan fingerprint density at radius 3 is 2.50 bits per heavy atom. The van der Waals surface area contributed by atoms with Crippen LogP contribution < -0.4 is 4.74 Å². The molecule has 0 saturated heterocycles. The molecule has 0 aliphatic carbocycles. The lowest BCUT2D eigenvalue weighted by atomic mass is 10.0. The molecule has 3 nitrogen and oxygen atoms in total. The van der Waals surface area contributed by atoms with Gasteiger partial charge < -0.3 is 9.84 Å². The number of hydrogen-bond donors (Lipinski definition) is 1. The molecule has 0 radical (unpaired) electrons. The van der Waals surface area contributed by atoms with Crippen molar-refractivity contribution in [1.29, 1.82) is 0 Å². The van der Waals surface area contributed by atoms with Gasteiger partial charge in [-0.15, -0.1) is 0 Å². The lowest BCUT2D eigenvalue weighted by molar-refractivity contribution is 0.103. The number of carbonyl (C=O) groups excluding carboxylic acids is 1. The van der Waals surface area contributed by atoms with Crippen LogP contribution in [0.15, 0.2) is 42.5 Å². The van der Waals surface area contributed by atoms with Crippen molar-refractivity contribution >= 4 is 17.4 Å². The Kier molecular flexibility index (Phi) is 3.53. The van der Waals surface area contributed by atoms with E-state index in [-0.39, 0.29) is 22.8 Å². The lowest BCUT2D eigenvalue weighted by Gasteiger charge is -2.09. The van der Waals surface area contributed by atoms with Crippen molar-refractivity contribution in [3.8, 4) is 11.5 Å². The number of phenols is 1. The molecule has 0 aromatic heterocycles. The lowest BCUT2D eigenvalue weighted by Crippen LogP contribution is -2.02. The Morgan fingerprint density at radius 2 is 1.89 bits per heavy atom. The van der Waals surface area contributed by atoms with Gasteiger partial charge in [0, 0.05) is 16.7 Å². The zero-order chi connectivity index (χ0) is 13.1. The van der Waals surface area contributed by atoms with Crippen molar-refractivity contribution in [1.82, 2.24) is 0 Å². The van der Waals surface area contributed by atoms with E-state index >= 15 is 0 Å². The minimum absolute atomic E-state index is 0.130. The molecule has 4 heteroatoms. The maximum absolute atomic E-state index is 12.2. The van der Waals surface area contributed by atoms with Crippen LogP contribution in [-0.2, 0) is 0 Å². The SMILES string of the molecule is COc1cc(Cl)cc(C(=O)c2ccccc2)c1O. The number of rotatable bonds is 3. The maximum atomic E-state index is 12.2. The largest absolute Gasteiger partial charge is 0.504 e. The van der Waals surface area contributed by atoms with E-state index in [9.17, 15) is 9.90 Å². The number of carbonyl (C=O) groups is 1. The normalized spacial score (nSPS) is 10.1. The van der Waals surface area contributed by atoms with Crippen molar-refractivity contribution in [2.45, 2.75) is 0 Å². The molecule has 0 bridgehead atoms. The van der Waals surface area contributed by atoms with Crippen molar-refractivity contribution < 1.29 is 14.6 Å². The molecule has 92 valence electrons. The molecule has 0 saturated carbocycles. The van der Waals surface area contributed by atoms with Crippen LogP contribution in [0.2, 0.25) is 5.02 Å². The predicted molar refractivity (Wildman–Crippen MR) is 69.5 cm³/mol. The smallest absolute Gasteiger partial charge is 0.196 e. The third-order valence-electron chi connectivity index (χ3n) is 2.54. The molecule has 1 N–H and O–H groups in total. The average Bonchev–Trinajstić information content (AvgIpc) is 2.41. The van der Waals surface area contributed by atoms with Gasteiger partial charge in [0.25, 0.3) is 0 Å². The summed E-state index contributed by atoms with van der Waals surface area (Å²) < 4.78 is 4.97. The summed E-state index contributed by atoms with van der Waals surface area (Å²) in [5.41, 5.74) is 0.614. The second kappa shape index (κ2) is 5.10. The molecule has 18 heavy (non-hydrogen) atoms. The van der Waals surface area contributed by atoms with E-state index in [0.717, 1.165) is 0 Å². The van der Waals surface area contributed by atoms with E-state index in [4.69, 9.17) is 16.3 Å². The van der Waals surface area contributed by atoms with Crippen LogP contribution >= 0.6 is 11.6 Å². The molecule has 2 aromatic rings. The molecular formula is C14H11ClO3. The van der Waals surface area contributed by atoms with E-state index < -0.39 is 0 Å². The summed E-state index contributed by atoms with van der Waals surface area (Å²) in [6.45, 7) is 0. The summed E-state index contributed by atoms with van der Waals surface area (Å²) in [4.78, 5) is 12.2. The van der Waals surface area contributed by atoms with Crippen LogP contribution in [0.3, 0.4) is 0 Å². The first-order chi connectivity index (χ1) is 8.63. The van der Waals surface area contributed by atoms with Crippen molar-refractivity contribution in [3.05, 3.63) is 58.6 Å². The molecule has 0 heterocycles. The van der Waals surface area contributed by atoms with E-state index in [2.05, 4.69) is 0 Å². The molecule has 0 aliphatic heterocycles. The Balaban J connectivity index is 2.52. The summed E-state index contributed by atoms with van der Waals surface area (Å²) in [5.74, 6) is -0.313. The Morgan fingerprint density at radius 1 is 1.22 bits per heavy atom. The number of benzene rings is 2. The fourth-order valence-corrected chi connectivity index (χ4v) is 1.86. The van der Waals surface area contributed by atoms with Crippen molar-refractivity contribution in [3.63, 3.8) is 0 Å². The number of hydrogen-bond acceptors (Lipinski definition) is 3. The highest BCUT2D eigenvalue weighted by molar-refractivity contribution is 6.31. The van der Waals surface area contributed by atoms with E-state index in [1.807, 2.05) is 6.07 Å². The number of halogens is 1. The number of ketones is 1. The first-order valence-corrected chi connectivity index (χ1v) is 5.67. The highest BCUT2D eigenvalue weighted by Crippen LogP contribution is 2.34. The van der Waals surface area contributed by atoms with Gasteiger partial charge in [-0.25, -0.2) is 0 Å². The van der Waals surface area contributed by atoms with Gasteiger partial charge in [-0.3, -0.25) is 4.79 Å². The molecule has 0 atom stereocenters. The van der Waals surface area contributed by atoms with Crippen molar-refractivity contribution in [2.24, 2.45) is 0 Å². The molecule has 0 aliphatic rings. The summed E-state index contributed by atoms with van der Waals surface area (Å²) in [6.07, 6.45) is 0. The minimum atomic E-state index is -0.297. The molecule has 2 aromatic carbocycles. The van der Waals surface area contributed by atoms with Crippen molar-refractivity contribution in [2.75, 3.05) is 7.11 Å². The third kappa shape index (κ3) is 2.31. The molecule has 0 fully saturated rings. The quantitative estimate of drug-likeness (QED) is 0.864. The van der Waals surface area contributed by atoms with E-state index in [0.29, 0.717) is 10.6 Å². The monoisotopic (exact) mass is 262 g/mol. The first kappa shape index (κ1) is 12.5. The average molecular weight is 263 g/mol. The first-order valence-electron chi connectivity index (χ1n) is 5.29. The zero-order valence-corrected chi connectivity index (χ0v) is 10.4. The van der Waals surface area contributed by atoms with Crippen LogP contribution in [-0.4, -0.2) is 18.0 Å². The van der Waals surface area contributed by atoms with E-state index in [1.165, 1.54) is 19.2 Å². The third-order valence-corrected chi connectivity index (χ3v) is 2.76. The second-order valence-corrected chi connectivity index (χ2v) is 4.14. The standard InChI is InChI=1S/C14H11ClO3/c1-18-12-8-10(15)7-11(14(12)17)13(16)9-5-3-2-4-6-9/h2-8,17H,1H3. The van der Waals surface area contributed by atoms with Gasteiger partial charge in [0.2, 0.25) is 0 Å². The van der Waals surface area contributed by atoms with Gasteiger partial charge in [0.15, 0.2) is 17.3 Å². The Labute approximate surface area is 110 Å². The summed E-state index contributed by atoms with van der Waals surface area (Å²) >= 11 is 5.89. The van der Waals surface area contributed by atoms with Crippen LogP contribution in [0.4, 0.5) is 0 Å². The van der Waals surface area contributed by atoms with Gasteiger partial charge in [0.1, 0.15) is 0 Å². The summed E-state index contributed by atoms with van der Waals surface area (Å²) in [6, 6.07) is 11.6. The number of methoxy groups -OCH3 is 1. The molecule has 2 rings (SSSR count). The fourth-order valence-electron chi connectivity index (χ4n) is 1.65. The maximum Gasteiger partial charge on any atom is 0.196 e.